The van der Waals surface area contributed by atoms with Gasteiger partial charge in [-0.25, -0.2) is 4.98 Å². The van der Waals surface area contributed by atoms with Crippen LogP contribution in [0.1, 0.15) is 5.82 Å². The molecule has 0 radical (unpaired) electrons. The Labute approximate surface area is 116 Å². The zero-order valence-corrected chi connectivity index (χ0v) is 11.1. The monoisotopic (exact) mass is 271 g/mol. The smallest absolute Gasteiger partial charge is 0.108 e. The predicted octanol–water partition coefficient (Wildman–Crippen LogP) is 3.87. The molecule has 3 nitrogen and oxygen atoms in total. The van der Waals surface area contributed by atoms with Crippen LogP contribution in [0.15, 0.2) is 48.5 Å². The second-order valence-corrected chi connectivity index (χ2v) is 4.82. The van der Waals surface area contributed by atoms with Crippen molar-refractivity contribution in [1.29, 1.82) is 0 Å². The lowest BCUT2D eigenvalue weighted by molar-refractivity contribution is 0.935. The summed E-state index contributed by atoms with van der Waals surface area (Å²) >= 11 is 5.95. The van der Waals surface area contributed by atoms with Crippen LogP contribution < -0.4 is 5.32 Å². The van der Waals surface area contributed by atoms with Crippen LogP contribution in [0, 0.1) is 0 Å². The molecule has 0 aliphatic rings. The highest BCUT2D eigenvalue weighted by Gasteiger charge is 2.02. The molecule has 0 aliphatic heterocycles. The molecule has 0 saturated heterocycles. The highest BCUT2D eigenvalue weighted by Crippen LogP contribution is 2.17. The Kier molecular flexibility index (Phi) is 3.38. The highest BCUT2D eigenvalue weighted by atomic mass is 35.5. The van der Waals surface area contributed by atoms with Crippen LogP contribution in [-0.4, -0.2) is 16.5 Å². The number of hydrogen-bond acceptors (Lipinski definition) is 2. The van der Waals surface area contributed by atoms with E-state index in [1.54, 1.807) is 0 Å². The standard InChI is InChI=1S/C15H14ClN3/c16-11-6-7-13-14(10-11)19-15(18-13)8-9-17-12-4-2-1-3-5-12/h1-7,10,17H,8-9H2,(H,18,19). The van der Waals surface area contributed by atoms with Gasteiger partial charge in [0.1, 0.15) is 5.82 Å². The maximum atomic E-state index is 5.95. The number of para-hydroxylation sites is 1. The normalized spacial score (nSPS) is 10.8. The molecule has 3 aromatic rings. The van der Waals surface area contributed by atoms with Gasteiger partial charge in [-0.1, -0.05) is 29.8 Å². The number of H-pyrrole nitrogens is 1. The molecular weight excluding hydrogens is 258 g/mol. The Morgan fingerprint density at radius 2 is 1.95 bits per heavy atom. The second kappa shape index (κ2) is 5.33. The van der Waals surface area contributed by atoms with Crippen LogP contribution in [-0.2, 0) is 6.42 Å². The number of nitrogens with zero attached hydrogens (tertiary/aromatic N) is 1. The van der Waals surface area contributed by atoms with E-state index in [1.807, 2.05) is 36.4 Å². The fourth-order valence-electron chi connectivity index (χ4n) is 2.03. The number of nitrogens with one attached hydrogen (secondary N) is 2. The minimum absolute atomic E-state index is 0.727. The second-order valence-electron chi connectivity index (χ2n) is 4.39. The third-order valence-electron chi connectivity index (χ3n) is 2.96. The van der Waals surface area contributed by atoms with Crippen molar-refractivity contribution in [2.75, 3.05) is 11.9 Å². The molecule has 0 saturated carbocycles. The van der Waals surface area contributed by atoms with E-state index >= 15 is 0 Å². The van der Waals surface area contributed by atoms with Gasteiger partial charge in [0.15, 0.2) is 0 Å². The summed E-state index contributed by atoms with van der Waals surface area (Å²) in [5, 5.41) is 4.09. The number of benzene rings is 2. The molecule has 0 aliphatic carbocycles. The van der Waals surface area contributed by atoms with Gasteiger partial charge in [0.2, 0.25) is 0 Å². The van der Waals surface area contributed by atoms with E-state index in [0.717, 1.165) is 40.5 Å². The van der Waals surface area contributed by atoms with Gasteiger partial charge in [-0.3, -0.25) is 0 Å². The van der Waals surface area contributed by atoms with Gasteiger partial charge in [-0.05, 0) is 30.3 Å². The Balaban J connectivity index is 1.65. The number of aromatic nitrogens is 2. The van der Waals surface area contributed by atoms with Gasteiger partial charge >= 0.3 is 0 Å². The van der Waals surface area contributed by atoms with Crippen molar-refractivity contribution in [3.05, 3.63) is 59.4 Å². The molecular formula is C15H14ClN3. The molecule has 0 amide bonds. The molecule has 4 heteroatoms. The molecule has 0 unspecified atom stereocenters. The van der Waals surface area contributed by atoms with Gasteiger partial charge in [-0.15, -0.1) is 0 Å². The van der Waals surface area contributed by atoms with Gasteiger partial charge in [0.05, 0.1) is 11.0 Å². The summed E-state index contributed by atoms with van der Waals surface area (Å²) in [6.45, 7) is 0.845. The van der Waals surface area contributed by atoms with Crippen molar-refractivity contribution >= 4 is 28.3 Å². The summed E-state index contributed by atoms with van der Waals surface area (Å²) in [6.07, 6.45) is 0.848. The maximum absolute atomic E-state index is 5.95. The number of hydrogen-bond donors (Lipinski definition) is 2. The zero-order chi connectivity index (χ0) is 13.1. The lowest BCUT2D eigenvalue weighted by Gasteiger charge is -2.03. The average molecular weight is 272 g/mol. The number of rotatable bonds is 4. The third kappa shape index (κ3) is 2.88. The SMILES string of the molecule is Clc1ccc2nc(CCNc3ccccc3)[nH]c2c1. The first-order valence-electron chi connectivity index (χ1n) is 6.24. The fourth-order valence-corrected chi connectivity index (χ4v) is 2.21. The molecule has 2 N–H and O–H groups in total. The summed E-state index contributed by atoms with van der Waals surface area (Å²) in [6, 6.07) is 15.8. The number of fused-ring (bicyclic) bond motifs is 1. The summed E-state index contributed by atoms with van der Waals surface area (Å²) in [5.74, 6) is 0.973. The van der Waals surface area contributed by atoms with Crippen molar-refractivity contribution in [3.63, 3.8) is 0 Å². The van der Waals surface area contributed by atoms with Crippen LogP contribution in [0.5, 0.6) is 0 Å². The first kappa shape index (κ1) is 12.1. The number of halogens is 1. The highest BCUT2D eigenvalue weighted by molar-refractivity contribution is 6.31. The molecule has 1 heterocycles. The average Bonchev–Trinajstić information content (AvgIpc) is 2.82. The van der Waals surface area contributed by atoms with Crippen molar-refractivity contribution < 1.29 is 0 Å². The van der Waals surface area contributed by atoms with Gasteiger partial charge in [0, 0.05) is 23.7 Å². The Morgan fingerprint density at radius 3 is 2.79 bits per heavy atom. The number of anilines is 1. The third-order valence-corrected chi connectivity index (χ3v) is 3.19. The van der Waals surface area contributed by atoms with Gasteiger partial charge in [-0.2, -0.15) is 0 Å². The van der Waals surface area contributed by atoms with E-state index in [-0.39, 0.29) is 0 Å². The van der Waals surface area contributed by atoms with E-state index in [9.17, 15) is 0 Å². The summed E-state index contributed by atoms with van der Waals surface area (Å²) in [5.41, 5.74) is 3.07. The molecule has 3 rings (SSSR count). The molecule has 0 bridgehead atoms. The first-order valence-corrected chi connectivity index (χ1v) is 6.62. The maximum Gasteiger partial charge on any atom is 0.108 e. The van der Waals surface area contributed by atoms with Crippen LogP contribution in [0.25, 0.3) is 11.0 Å². The van der Waals surface area contributed by atoms with E-state index in [4.69, 9.17) is 11.6 Å². The predicted molar refractivity (Wildman–Crippen MR) is 79.7 cm³/mol. The zero-order valence-electron chi connectivity index (χ0n) is 10.4. The number of aromatic amines is 1. The van der Waals surface area contributed by atoms with Gasteiger partial charge in [0.25, 0.3) is 0 Å². The minimum Gasteiger partial charge on any atom is -0.385 e. The van der Waals surface area contributed by atoms with E-state index in [2.05, 4.69) is 27.4 Å². The molecule has 0 spiro atoms. The number of imidazole rings is 1. The van der Waals surface area contributed by atoms with E-state index < -0.39 is 0 Å². The molecule has 0 fully saturated rings. The van der Waals surface area contributed by atoms with Crippen LogP contribution in [0.2, 0.25) is 5.02 Å². The van der Waals surface area contributed by atoms with Crippen molar-refractivity contribution in [1.82, 2.24) is 9.97 Å². The first-order chi connectivity index (χ1) is 9.31. The molecule has 19 heavy (non-hydrogen) atoms. The minimum atomic E-state index is 0.727. The molecule has 96 valence electrons. The van der Waals surface area contributed by atoms with Crippen molar-refractivity contribution in [3.8, 4) is 0 Å². The lowest BCUT2D eigenvalue weighted by atomic mass is 10.3. The van der Waals surface area contributed by atoms with Crippen LogP contribution in [0.3, 0.4) is 0 Å². The summed E-state index contributed by atoms with van der Waals surface area (Å²) in [7, 11) is 0. The summed E-state index contributed by atoms with van der Waals surface area (Å²) in [4.78, 5) is 7.82. The molecule has 1 aromatic heterocycles. The van der Waals surface area contributed by atoms with Gasteiger partial charge < -0.3 is 10.3 Å². The summed E-state index contributed by atoms with van der Waals surface area (Å²) < 4.78 is 0. The topological polar surface area (TPSA) is 40.7 Å². The van der Waals surface area contributed by atoms with Crippen LogP contribution in [0.4, 0.5) is 5.69 Å². The Hall–Kier alpha value is -2.00. The van der Waals surface area contributed by atoms with Crippen molar-refractivity contribution in [2.24, 2.45) is 0 Å². The van der Waals surface area contributed by atoms with E-state index in [0.29, 0.717) is 0 Å². The Morgan fingerprint density at radius 1 is 1.11 bits per heavy atom. The van der Waals surface area contributed by atoms with Crippen LogP contribution >= 0.6 is 11.6 Å². The van der Waals surface area contributed by atoms with Crippen molar-refractivity contribution in [2.45, 2.75) is 6.42 Å². The quantitative estimate of drug-likeness (QED) is 0.756. The molecule has 2 aromatic carbocycles. The van der Waals surface area contributed by atoms with E-state index in [1.165, 1.54) is 0 Å². The largest absolute Gasteiger partial charge is 0.385 e. The lowest BCUT2D eigenvalue weighted by Crippen LogP contribution is -2.05. The Bertz CT molecular complexity index is 676. The fraction of sp³-hybridized carbons (Fsp3) is 0.133. The molecule has 0 atom stereocenters.